The van der Waals surface area contributed by atoms with Crippen molar-refractivity contribution < 1.29 is 4.79 Å². The lowest BCUT2D eigenvalue weighted by Crippen LogP contribution is -2.42. The predicted molar refractivity (Wildman–Crippen MR) is 149 cm³/mol. The van der Waals surface area contributed by atoms with Crippen molar-refractivity contribution in [2.75, 3.05) is 23.7 Å². The van der Waals surface area contributed by atoms with Gasteiger partial charge in [0.05, 0.1) is 6.33 Å². The van der Waals surface area contributed by atoms with Crippen LogP contribution in [0.5, 0.6) is 0 Å². The van der Waals surface area contributed by atoms with Crippen molar-refractivity contribution in [2.45, 2.75) is 108 Å². The minimum absolute atomic E-state index is 0. The minimum Gasteiger partial charge on any atom is -0.365 e. The monoisotopic (exact) mass is 540 g/mol. The molecule has 2 saturated carbocycles. The predicted octanol–water partition coefficient (Wildman–Crippen LogP) is 4.67. The Morgan fingerprint density at radius 1 is 0.972 bits per heavy atom. The van der Waals surface area contributed by atoms with E-state index >= 15 is 0 Å². The SMILES string of the molecule is CCCC(=O)N1CCC(Nc2nc(N[C@H]3CC[C@H](N)CC3)nc3c2ncn3C2CCCC2)CC1.Cl.Cl. The molecule has 0 unspecified atom stereocenters. The highest BCUT2D eigenvalue weighted by Gasteiger charge is 2.26. The molecule has 1 saturated heterocycles. The maximum atomic E-state index is 12.3. The Morgan fingerprint density at radius 2 is 1.64 bits per heavy atom. The molecule has 2 aromatic rings. The van der Waals surface area contributed by atoms with Crippen LogP contribution in [0.2, 0.25) is 0 Å². The Morgan fingerprint density at radius 3 is 2.31 bits per heavy atom. The number of likely N-dealkylation sites (tertiary alicyclic amines) is 1. The summed E-state index contributed by atoms with van der Waals surface area (Å²) in [5.74, 6) is 1.78. The fourth-order valence-corrected chi connectivity index (χ4v) is 5.82. The largest absolute Gasteiger partial charge is 0.365 e. The molecule has 5 rings (SSSR count). The summed E-state index contributed by atoms with van der Waals surface area (Å²) in [6, 6.07) is 1.43. The maximum absolute atomic E-state index is 12.3. The third-order valence-corrected chi connectivity index (χ3v) is 7.90. The summed E-state index contributed by atoms with van der Waals surface area (Å²) in [6.45, 7) is 3.66. The van der Waals surface area contributed by atoms with Crippen molar-refractivity contribution >= 4 is 53.7 Å². The van der Waals surface area contributed by atoms with Gasteiger partial charge in [-0.3, -0.25) is 4.79 Å². The van der Waals surface area contributed by atoms with Gasteiger partial charge in [-0.15, -0.1) is 24.8 Å². The molecule has 0 radical (unpaired) electrons. The van der Waals surface area contributed by atoms with Crippen molar-refractivity contribution in [2.24, 2.45) is 5.73 Å². The lowest BCUT2D eigenvalue weighted by atomic mass is 9.92. The average Bonchev–Trinajstić information content (AvgIpc) is 3.51. The molecule has 2 aromatic heterocycles. The summed E-state index contributed by atoms with van der Waals surface area (Å²) >= 11 is 0. The van der Waals surface area contributed by atoms with Crippen LogP contribution in [-0.2, 0) is 4.79 Å². The van der Waals surface area contributed by atoms with Crippen LogP contribution in [0.15, 0.2) is 6.33 Å². The quantitative estimate of drug-likeness (QED) is 0.467. The van der Waals surface area contributed by atoms with Crippen molar-refractivity contribution in [3.8, 4) is 0 Å². The Kier molecular flexibility index (Phi) is 10.5. The number of nitrogens with one attached hydrogen (secondary N) is 2. The van der Waals surface area contributed by atoms with Gasteiger partial charge in [0.25, 0.3) is 0 Å². The summed E-state index contributed by atoms with van der Waals surface area (Å²) < 4.78 is 2.27. The topological polar surface area (TPSA) is 114 Å². The molecular formula is C25H42Cl2N8O. The molecule has 0 atom stereocenters. The molecule has 36 heavy (non-hydrogen) atoms. The number of fused-ring (bicyclic) bond motifs is 1. The number of nitrogens with two attached hydrogens (primary N) is 1. The number of carbonyl (C=O) groups excluding carboxylic acids is 1. The molecule has 1 aliphatic heterocycles. The van der Waals surface area contributed by atoms with E-state index in [1.54, 1.807) is 0 Å². The van der Waals surface area contributed by atoms with Gasteiger partial charge in [0.1, 0.15) is 0 Å². The van der Waals surface area contributed by atoms with Crippen molar-refractivity contribution in [1.82, 2.24) is 24.4 Å². The zero-order valence-electron chi connectivity index (χ0n) is 21.3. The smallest absolute Gasteiger partial charge is 0.227 e. The van der Waals surface area contributed by atoms with Gasteiger partial charge in [-0.05, 0) is 57.8 Å². The number of hydrogen-bond donors (Lipinski definition) is 3. The fraction of sp³-hybridized carbons (Fsp3) is 0.760. The number of amides is 1. The van der Waals surface area contributed by atoms with Gasteiger partial charge in [0.15, 0.2) is 17.0 Å². The van der Waals surface area contributed by atoms with Gasteiger partial charge in [-0.25, -0.2) is 4.98 Å². The minimum atomic E-state index is 0. The second-order valence-electron chi connectivity index (χ2n) is 10.5. The molecule has 0 bridgehead atoms. The van der Waals surface area contributed by atoms with Crippen molar-refractivity contribution in [3.63, 3.8) is 0 Å². The summed E-state index contributed by atoms with van der Waals surface area (Å²) in [4.78, 5) is 28.9. The number of hydrogen-bond acceptors (Lipinski definition) is 7. The number of imidazole rings is 1. The van der Waals surface area contributed by atoms with Gasteiger partial charge in [0, 0.05) is 43.7 Å². The third-order valence-electron chi connectivity index (χ3n) is 7.90. The Hall–Kier alpha value is -1.84. The molecular weight excluding hydrogens is 499 g/mol. The normalized spacial score (nSPS) is 23.2. The first-order valence-corrected chi connectivity index (χ1v) is 13.4. The Bertz CT molecular complexity index is 980. The number of aromatic nitrogens is 4. The molecule has 0 aromatic carbocycles. The first kappa shape index (κ1) is 28.7. The highest BCUT2D eigenvalue weighted by atomic mass is 35.5. The van der Waals surface area contributed by atoms with E-state index in [9.17, 15) is 4.79 Å². The van der Waals surface area contributed by atoms with Gasteiger partial charge < -0.3 is 25.8 Å². The molecule has 0 spiro atoms. The lowest BCUT2D eigenvalue weighted by Gasteiger charge is -2.33. The number of halogens is 2. The van der Waals surface area contributed by atoms with Crippen LogP contribution in [0, 0.1) is 0 Å². The van der Waals surface area contributed by atoms with Crippen LogP contribution in [-0.4, -0.2) is 61.5 Å². The molecule has 11 heteroatoms. The van der Waals surface area contributed by atoms with Crippen LogP contribution in [0.1, 0.15) is 90.0 Å². The molecule has 2 aliphatic carbocycles. The van der Waals surface area contributed by atoms with Crippen LogP contribution in [0.3, 0.4) is 0 Å². The molecule has 4 N–H and O–H groups in total. The van der Waals surface area contributed by atoms with E-state index in [0.29, 0.717) is 30.5 Å². The van der Waals surface area contributed by atoms with Gasteiger partial charge >= 0.3 is 0 Å². The van der Waals surface area contributed by atoms with Crippen molar-refractivity contribution in [1.29, 1.82) is 0 Å². The van der Waals surface area contributed by atoms with Gasteiger partial charge in [0.2, 0.25) is 11.9 Å². The summed E-state index contributed by atoms with van der Waals surface area (Å²) in [5, 5.41) is 7.28. The van der Waals surface area contributed by atoms with E-state index in [1.807, 2.05) is 11.2 Å². The zero-order chi connectivity index (χ0) is 23.5. The Labute approximate surface area is 226 Å². The lowest BCUT2D eigenvalue weighted by molar-refractivity contribution is -0.132. The van der Waals surface area contributed by atoms with Gasteiger partial charge in [-0.2, -0.15) is 9.97 Å². The van der Waals surface area contributed by atoms with Crippen LogP contribution < -0.4 is 16.4 Å². The second kappa shape index (κ2) is 13.1. The number of nitrogens with zero attached hydrogens (tertiary/aromatic N) is 5. The van der Waals surface area contributed by atoms with E-state index in [1.165, 1.54) is 25.7 Å². The number of carbonyl (C=O) groups is 1. The molecule has 3 aliphatic rings. The van der Waals surface area contributed by atoms with Gasteiger partial charge in [-0.1, -0.05) is 19.8 Å². The van der Waals surface area contributed by atoms with Crippen LogP contribution >= 0.6 is 24.8 Å². The van der Waals surface area contributed by atoms with E-state index in [-0.39, 0.29) is 36.8 Å². The molecule has 9 nitrogen and oxygen atoms in total. The number of rotatable bonds is 7. The van der Waals surface area contributed by atoms with Crippen LogP contribution in [0.4, 0.5) is 11.8 Å². The summed E-state index contributed by atoms with van der Waals surface area (Å²) in [5.41, 5.74) is 7.89. The van der Waals surface area contributed by atoms with Crippen molar-refractivity contribution in [3.05, 3.63) is 6.33 Å². The first-order valence-electron chi connectivity index (χ1n) is 13.4. The van der Waals surface area contributed by atoms with E-state index < -0.39 is 0 Å². The molecule has 1 amide bonds. The maximum Gasteiger partial charge on any atom is 0.227 e. The number of piperidine rings is 1. The van der Waals surface area contributed by atoms with Crippen LogP contribution in [0.25, 0.3) is 11.2 Å². The molecule has 3 fully saturated rings. The highest BCUT2D eigenvalue weighted by Crippen LogP contribution is 2.34. The molecule has 202 valence electrons. The highest BCUT2D eigenvalue weighted by molar-refractivity contribution is 5.86. The molecule has 3 heterocycles. The standard InChI is InChI=1S/C25H40N8O.2ClH/c1-2-5-21(34)32-14-12-19(13-15-32)28-23-22-24(33(16-27-22)20-6-3-4-7-20)31-25(30-23)29-18-10-8-17(26)9-11-18;;/h16-20H,2-15,26H2,1H3,(H2,28,29,30,31);2*1H/t17-,18-;;. The number of anilines is 2. The first-order chi connectivity index (χ1) is 16.6. The van der Waals surface area contributed by atoms with E-state index in [2.05, 4.69) is 22.1 Å². The van der Waals surface area contributed by atoms with E-state index in [4.69, 9.17) is 20.7 Å². The fourth-order valence-electron chi connectivity index (χ4n) is 5.82. The summed E-state index contributed by atoms with van der Waals surface area (Å²) in [7, 11) is 0. The summed E-state index contributed by atoms with van der Waals surface area (Å²) in [6.07, 6.45) is 14.4. The second-order valence-corrected chi connectivity index (χ2v) is 10.5. The Balaban J connectivity index is 0.00000180. The average molecular weight is 542 g/mol. The zero-order valence-corrected chi connectivity index (χ0v) is 23.0. The van der Waals surface area contributed by atoms with E-state index in [0.717, 1.165) is 75.0 Å². The third kappa shape index (κ3) is 6.53.